The zero-order valence-electron chi connectivity index (χ0n) is 13.9. The summed E-state index contributed by atoms with van der Waals surface area (Å²) >= 11 is 0. The second-order valence-electron chi connectivity index (χ2n) is 6.02. The van der Waals surface area contributed by atoms with Crippen LogP contribution in [0, 0.1) is 0 Å². The first-order valence-corrected chi connectivity index (χ1v) is 8.26. The molecule has 2 heterocycles. The van der Waals surface area contributed by atoms with E-state index in [1.165, 1.54) is 0 Å². The summed E-state index contributed by atoms with van der Waals surface area (Å²) in [6.45, 7) is 5.27. The van der Waals surface area contributed by atoms with Gasteiger partial charge in [0.1, 0.15) is 0 Å². The Kier molecular flexibility index (Phi) is 4.65. The molecule has 1 aliphatic heterocycles. The van der Waals surface area contributed by atoms with Crippen LogP contribution in [-0.4, -0.2) is 46.5 Å². The minimum absolute atomic E-state index is 0.0316. The summed E-state index contributed by atoms with van der Waals surface area (Å²) in [6, 6.07) is 10.1. The average molecular weight is 312 g/mol. The largest absolute Gasteiger partial charge is 0.339 e. The molecule has 0 bridgehead atoms. The zero-order valence-corrected chi connectivity index (χ0v) is 13.9. The van der Waals surface area contributed by atoms with Gasteiger partial charge in [-0.15, -0.1) is 0 Å². The summed E-state index contributed by atoms with van der Waals surface area (Å²) in [5, 5.41) is 0. The molecule has 1 amide bonds. The highest BCUT2D eigenvalue weighted by Crippen LogP contribution is 2.23. The SMILES string of the molecule is CC[C@@H](C(=O)N1CCN(c2nccn2C)CC1)c1ccccc1. The Morgan fingerprint density at radius 1 is 1.17 bits per heavy atom. The monoisotopic (exact) mass is 312 g/mol. The standard InChI is InChI=1S/C18H24N4O/c1-3-16(15-7-5-4-6-8-15)17(23)21-11-13-22(14-12-21)18-19-9-10-20(18)2/h4-10,16H,3,11-14H2,1-2H3/t16-/m1/s1. The van der Waals surface area contributed by atoms with E-state index >= 15 is 0 Å². The quantitative estimate of drug-likeness (QED) is 0.869. The average Bonchev–Trinajstić information content (AvgIpc) is 3.02. The number of carbonyl (C=O) groups excluding carboxylic acids is 1. The number of imidazole rings is 1. The summed E-state index contributed by atoms with van der Waals surface area (Å²) in [4.78, 5) is 21.5. The number of rotatable bonds is 4. The molecule has 1 saturated heterocycles. The van der Waals surface area contributed by atoms with E-state index in [0.29, 0.717) is 0 Å². The molecule has 3 rings (SSSR count). The van der Waals surface area contributed by atoms with Gasteiger partial charge in [0, 0.05) is 45.6 Å². The fourth-order valence-electron chi connectivity index (χ4n) is 3.25. The molecule has 1 aliphatic rings. The molecule has 23 heavy (non-hydrogen) atoms. The van der Waals surface area contributed by atoms with E-state index in [0.717, 1.165) is 44.1 Å². The predicted octanol–water partition coefficient (Wildman–Crippen LogP) is 2.26. The highest BCUT2D eigenvalue weighted by molar-refractivity contribution is 5.84. The van der Waals surface area contributed by atoms with Gasteiger partial charge in [0.15, 0.2) is 0 Å². The summed E-state index contributed by atoms with van der Waals surface area (Å²) in [5.41, 5.74) is 1.12. The van der Waals surface area contributed by atoms with Crippen molar-refractivity contribution in [3.8, 4) is 0 Å². The van der Waals surface area contributed by atoms with Crippen LogP contribution in [0.4, 0.5) is 5.95 Å². The number of benzene rings is 1. The number of anilines is 1. The number of piperazine rings is 1. The van der Waals surface area contributed by atoms with Crippen molar-refractivity contribution in [2.45, 2.75) is 19.3 Å². The molecule has 0 aliphatic carbocycles. The summed E-state index contributed by atoms with van der Waals surface area (Å²) in [5.74, 6) is 1.20. The smallest absolute Gasteiger partial charge is 0.230 e. The first kappa shape index (κ1) is 15.6. The highest BCUT2D eigenvalue weighted by Gasteiger charge is 2.28. The van der Waals surface area contributed by atoms with Crippen molar-refractivity contribution in [3.63, 3.8) is 0 Å². The van der Waals surface area contributed by atoms with Gasteiger partial charge in [-0.3, -0.25) is 4.79 Å². The fourth-order valence-corrected chi connectivity index (χ4v) is 3.25. The van der Waals surface area contributed by atoms with Crippen LogP contribution in [0.2, 0.25) is 0 Å². The maximum absolute atomic E-state index is 12.9. The number of amides is 1. The Labute approximate surface area is 137 Å². The summed E-state index contributed by atoms with van der Waals surface area (Å²) < 4.78 is 2.02. The van der Waals surface area contributed by atoms with E-state index in [-0.39, 0.29) is 11.8 Å². The Morgan fingerprint density at radius 3 is 2.43 bits per heavy atom. The molecule has 0 spiro atoms. The van der Waals surface area contributed by atoms with Crippen LogP contribution >= 0.6 is 0 Å². The van der Waals surface area contributed by atoms with Crippen LogP contribution in [-0.2, 0) is 11.8 Å². The van der Waals surface area contributed by atoms with E-state index in [1.807, 2.05) is 47.1 Å². The van der Waals surface area contributed by atoms with Crippen molar-refractivity contribution in [1.29, 1.82) is 0 Å². The first-order valence-electron chi connectivity index (χ1n) is 8.26. The number of aromatic nitrogens is 2. The van der Waals surface area contributed by atoms with Crippen LogP contribution in [0.3, 0.4) is 0 Å². The molecule has 1 aromatic heterocycles. The van der Waals surface area contributed by atoms with Gasteiger partial charge in [-0.25, -0.2) is 4.98 Å². The first-order chi connectivity index (χ1) is 11.2. The van der Waals surface area contributed by atoms with Crippen molar-refractivity contribution < 1.29 is 4.79 Å². The van der Waals surface area contributed by atoms with E-state index in [9.17, 15) is 4.79 Å². The lowest BCUT2D eigenvalue weighted by atomic mass is 9.95. The lowest BCUT2D eigenvalue weighted by Gasteiger charge is -2.36. The van der Waals surface area contributed by atoms with Gasteiger partial charge in [-0.2, -0.15) is 0 Å². The van der Waals surface area contributed by atoms with Crippen LogP contribution in [0.25, 0.3) is 0 Å². The topological polar surface area (TPSA) is 41.4 Å². The van der Waals surface area contributed by atoms with E-state index in [4.69, 9.17) is 0 Å². The van der Waals surface area contributed by atoms with Crippen molar-refractivity contribution in [3.05, 3.63) is 48.3 Å². The molecule has 122 valence electrons. The highest BCUT2D eigenvalue weighted by atomic mass is 16.2. The maximum Gasteiger partial charge on any atom is 0.230 e. The maximum atomic E-state index is 12.9. The molecule has 0 radical (unpaired) electrons. The second-order valence-corrected chi connectivity index (χ2v) is 6.02. The van der Waals surface area contributed by atoms with Crippen LogP contribution in [0.1, 0.15) is 24.8 Å². The van der Waals surface area contributed by atoms with Gasteiger partial charge in [0.25, 0.3) is 0 Å². The lowest BCUT2D eigenvalue weighted by Crippen LogP contribution is -2.50. The molecule has 0 saturated carbocycles. The molecule has 1 fully saturated rings. The molecule has 5 heteroatoms. The molecular formula is C18H24N4O. The number of aryl methyl sites for hydroxylation is 1. The number of hydrogen-bond acceptors (Lipinski definition) is 3. The molecular weight excluding hydrogens is 288 g/mol. The third kappa shape index (κ3) is 3.23. The third-order valence-corrected chi connectivity index (χ3v) is 4.58. The fraction of sp³-hybridized carbons (Fsp3) is 0.444. The van der Waals surface area contributed by atoms with E-state index in [1.54, 1.807) is 0 Å². The normalized spacial score (nSPS) is 16.4. The van der Waals surface area contributed by atoms with Crippen LogP contribution < -0.4 is 4.90 Å². The van der Waals surface area contributed by atoms with Crippen LogP contribution in [0.5, 0.6) is 0 Å². The summed E-state index contributed by atoms with van der Waals surface area (Å²) in [6.07, 6.45) is 4.60. The second kappa shape index (κ2) is 6.86. The molecule has 2 aromatic rings. The van der Waals surface area contributed by atoms with E-state index in [2.05, 4.69) is 28.9 Å². The Bertz CT molecular complexity index is 644. The lowest BCUT2D eigenvalue weighted by molar-refractivity contribution is -0.133. The van der Waals surface area contributed by atoms with Gasteiger partial charge in [0.05, 0.1) is 5.92 Å². The van der Waals surface area contributed by atoms with Crippen LogP contribution in [0.15, 0.2) is 42.7 Å². The Hall–Kier alpha value is -2.30. The van der Waals surface area contributed by atoms with Gasteiger partial charge < -0.3 is 14.4 Å². The molecule has 0 unspecified atom stereocenters. The van der Waals surface area contributed by atoms with Gasteiger partial charge in [0.2, 0.25) is 11.9 Å². The molecule has 1 atom stereocenters. The van der Waals surface area contributed by atoms with Gasteiger partial charge in [-0.05, 0) is 12.0 Å². The zero-order chi connectivity index (χ0) is 16.2. The Balaban J connectivity index is 1.65. The van der Waals surface area contributed by atoms with Crippen molar-refractivity contribution in [2.75, 3.05) is 31.1 Å². The van der Waals surface area contributed by atoms with Crippen molar-refractivity contribution in [1.82, 2.24) is 14.5 Å². The Morgan fingerprint density at radius 2 is 1.87 bits per heavy atom. The van der Waals surface area contributed by atoms with E-state index < -0.39 is 0 Å². The van der Waals surface area contributed by atoms with Gasteiger partial charge >= 0.3 is 0 Å². The minimum atomic E-state index is -0.0316. The third-order valence-electron chi connectivity index (χ3n) is 4.58. The van der Waals surface area contributed by atoms with Crippen molar-refractivity contribution >= 4 is 11.9 Å². The molecule has 5 nitrogen and oxygen atoms in total. The van der Waals surface area contributed by atoms with Gasteiger partial charge in [-0.1, -0.05) is 37.3 Å². The predicted molar refractivity (Wildman–Crippen MR) is 91.5 cm³/mol. The summed E-state index contributed by atoms with van der Waals surface area (Å²) in [7, 11) is 2.00. The number of nitrogens with zero attached hydrogens (tertiary/aromatic N) is 4. The number of hydrogen-bond donors (Lipinski definition) is 0. The minimum Gasteiger partial charge on any atom is -0.339 e. The molecule has 1 aromatic carbocycles. The van der Waals surface area contributed by atoms with Crippen molar-refractivity contribution in [2.24, 2.45) is 7.05 Å². The molecule has 0 N–H and O–H groups in total. The number of carbonyl (C=O) groups is 1.